The number of aromatic nitrogens is 4. The summed E-state index contributed by atoms with van der Waals surface area (Å²) in [6.45, 7) is 3.75. The van der Waals surface area contributed by atoms with Crippen molar-refractivity contribution < 1.29 is 14.3 Å². The van der Waals surface area contributed by atoms with Gasteiger partial charge in [-0.05, 0) is 30.3 Å². The van der Waals surface area contributed by atoms with Gasteiger partial charge in [0.1, 0.15) is 17.4 Å². The van der Waals surface area contributed by atoms with Crippen LogP contribution in [0.2, 0.25) is 0 Å². The van der Waals surface area contributed by atoms with E-state index in [0.29, 0.717) is 74.5 Å². The van der Waals surface area contributed by atoms with Gasteiger partial charge in [-0.2, -0.15) is 5.26 Å². The molecule has 170 valence electrons. The molecule has 2 N–H and O–H groups in total. The lowest BCUT2D eigenvalue weighted by Gasteiger charge is -2.35. The lowest BCUT2D eigenvalue weighted by Crippen LogP contribution is -2.49. The molecule has 1 aromatic carbocycles. The van der Waals surface area contributed by atoms with Gasteiger partial charge in [0.2, 0.25) is 11.8 Å². The smallest absolute Gasteiger partial charge is 0.248 e. The first kappa shape index (κ1) is 22.2. The maximum Gasteiger partial charge on any atom is 0.248 e. The zero-order valence-electron chi connectivity index (χ0n) is 18.1. The van der Waals surface area contributed by atoms with Crippen molar-refractivity contribution in [1.82, 2.24) is 24.9 Å². The maximum atomic E-state index is 12.5. The molecule has 11 heteroatoms. The van der Waals surface area contributed by atoms with Gasteiger partial charge in [0.25, 0.3) is 0 Å². The van der Waals surface area contributed by atoms with E-state index >= 15 is 0 Å². The summed E-state index contributed by atoms with van der Waals surface area (Å²) in [5.74, 6) is 0.362. The molecule has 0 atom stereocenters. The minimum Gasteiger partial charge on any atom is -0.379 e. The fraction of sp³-hybridized carbons (Fsp3) is 0.364. The molecular weight excluding hydrogens is 424 g/mol. The Bertz CT molecular complexity index is 1180. The summed E-state index contributed by atoms with van der Waals surface area (Å²) in [5.41, 5.74) is 7.64. The zero-order chi connectivity index (χ0) is 23.2. The third-order valence-corrected chi connectivity index (χ3v) is 5.54. The summed E-state index contributed by atoms with van der Waals surface area (Å²) in [6, 6.07) is 10.6. The molecule has 3 heterocycles. The molecule has 33 heavy (non-hydrogen) atoms. The number of rotatable bonds is 8. The molecular formula is C22H24N8O3. The number of pyridine rings is 1. The summed E-state index contributed by atoms with van der Waals surface area (Å²) in [6.07, 6.45) is 1.86. The monoisotopic (exact) mass is 448 g/mol. The summed E-state index contributed by atoms with van der Waals surface area (Å²) in [4.78, 5) is 32.1. The normalized spacial score (nSPS) is 13.8. The number of hydrogen-bond acceptors (Lipinski definition) is 8. The number of carbonyl (C=O) groups excluding carboxylic acids is 2. The van der Waals surface area contributed by atoms with Crippen molar-refractivity contribution in [2.75, 3.05) is 44.3 Å². The Morgan fingerprint density at radius 3 is 2.64 bits per heavy atom. The number of anilines is 1. The predicted molar refractivity (Wildman–Crippen MR) is 119 cm³/mol. The van der Waals surface area contributed by atoms with E-state index < -0.39 is 5.91 Å². The molecule has 0 saturated carbocycles. The Kier molecular flexibility index (Phi) is 6.75. The highest BCUT2D eigenvalue weighted by Gasteiger charge is 2.21. The molecule has 1 aliphatic heterocycles. The third-order valence-electron chi connectivity index (χ3n) is 5.54. The summed E-state index contributed by atoms with van der Waals surface area (Å²) < 4.78 is 7.29. The van der Waals surface area contributed by atoms with Gasteiger partial charge in [0, 0.05) is 37.9 Å². The van der Waals surface area contributed by atoms with Crippen LogP contribution in [-0.4, -0.2) is 76.1 Å². The Morgan fingerprint density at radius 1 is 1.12 bits per heavy atom. The maximum absolute atomic E-state index is 12.5. The second kappa shape index (κ2) is 10.1. The Balaban J connectivity index is 1.18. The first-order valence-corrected chi connectivity index (χ1v) is 10.6. The third kappa shape index (κ3) is 5.24. The topological polar surface area (TPSA) is 143 Å². The van der Waals surface area contributed by atoms with Crippen LogP contribution < -0.4 is 10.6 Å². The molecule has 0 aliphatic carbocycles. The van der Waals surface area contributed by atoms with Crippen LogP contribution in [0.5, 0.6) is 0 Å². The summed E-state index contributed by atoms with van der Waals surface area (Å²) >= 11 is 0. The van der Waals surface area contributed by atoms with Gasteiger partial charge in [-0.25, -0.2) is 9.67 Å². The summed E-state index contributed by atoms with van der Waals surface area (Å²) in [5, 5.41) is 17.0. The fourth-order valence-electron chi connectivity index (χ4n) is 3.68. The second-order valence-electron chi connectivity index (χ2n) is 7.63. The number of nitriles is 1. The number of amides is 2. The van der Waals surface area contributed by atoms with Crippen molar-refractivity contribution in [2.45, 2.75) is 13.0 Å². The molecule has 2 aromatic heterocycles. The Morgan fingerprint density at radius 2 is 1.94 bits per heavy atom. The van der Waals surface area contributed by atoms with Crippen molar-refractivity contribution >= 4 is 28.7 Å². The molecule has 1 saturated heterocycles. The highest BCUT2D eigenvalue weighted by Crippen LogP contribution is 2.15. The number of nitrogens with two attached hydrogens (primary N) is 1. The second-order valence-corrected chi connectivity index (χ2v) is 7.63. The van der Waals surface area contributed by atoms with Gasteiger partial charge in [-0.1, -0.05) is 5.21 Å². The number of ether oxygens (including phenoxy) is 1. The molecule has 0 unspecified atom stereocenters. The van der Waals surface area contributed by atoms with Gasteiger partial charge in [-0.15, -0.1) is 5.10 Å². The van der Waals surface area contributed by atoms with Gasteiger partial charge < -0.3 is 20.3 Å². The number of fused-ring (bicyclic) bond motifs is 1. The molecule has 3 aromatic rings. The zero-order valence-corrected chi connectivity index (χ0v) is 18.1. The SMILES string of the molecule is N#Cc1ccc(N2CCN(C(=O)CCOCCn3nnc4ccc(C(N)=O)cc43)CC2)nc1. The van der Waals surface area contributed by atoms with Crippen LogP contribution in [0.15, 0.2) is 36.5 Å². The van der Waals surface area contributed by atoms with Crippen LogP contribution in [0, 0.1) is 11.3 Å². The van der Waals surface area contributed by atoms with Crippen LogP contribution in [0.1, 0.15) is 22.3 Å². The van der Waals surface area contributed by atoms with Crippen molar-refractivity contribution in [1.29, 1.82) is 5.26 Å². The van der Waals surface area contributed by atoms with E-state index in [-0.39, 0.29) is 5.91 Å². The molecule has 1 aliphatic rings. The first-order valence-electron chi connectivity index (χ1n) is 10.6. The molecule has 2 amide bonds. The Hall–Kier alpha value is -4.04. The van der Waals surface area contributed by atoms with Crippen LogP contribution in [0.25, 0.3) is 11.0 Å². The molecule has 4 rings (SSSR count). The number of benzene rings is 1. The quantitative estimate of drug-likeness (QED) is 0.492. The molecule has 0 spiro atoms. The lowest BCUT2D eigenvalue weighted by molar-refractivity contribution is -0.132. The molecule has 11 nitrogen and oxygen atoms in total. The van der Waals surface area contributed by atoms with E-state index in [1.54, 1.807) is 35.1 Å². The van der Waals surface area contributed by atoms with Crippen LogP contribution >= 0.6 is 0 Å². The van der Waals surface area contributed by atoms with Crippen molar-refractivity contribution in [3.63, 3.8) is 0 Å². The molecule has 0 radical (unpaired) electrons. The van der Waals surface area contributed by atoms with Crippen molar-refractivity contribution in [3.05, 3.63) is 47.7 Å². The number of nitrogens with zero attached hydrogens (tertiary/aromatic N) is 7. The van der Waals surface area contributed by atoms with Gasteiger partial charge in [0.05, 0.1) is 37.3 Å². The van der Waals surface area contributed by atoms with Crippen molar-refractivity contribution in [2.24, 2.45) is 5.73 Å². The molecule has 0 bridgehead atoms. The van der Waals surface area contributed by atoms with E-state index in [4.69, 9.17) is 15.7 Å². The van der Waals surface area contributed by atoms with E-state index in [1.165, 1.54) is 0 Å². The van der Waals surface area contributed by atoms with Crippen LogP contribution in [0.4, 0.5) is 5.82 Å². The average molecular weight is 448 g/mol. The highest BCUT2D eigenvalue weighted by atomic mass is 16.5. The van der Waals surface area contributed by atoms with Gasteiger partial charge in [-0.3, -0.25) is 9.59 Å². The van der Waals surface area contributed by atoms with Gasteiger partial charge >= 0.3 is 0 Å². The molecule has 1 fully saturated rings. The van der Waals surface area contributed by atoms with E-state index in [0.717, 1.165) is 5.82 Å². The van der Waals surface area contributed by atoms with Gasteiger partial charge in [0.15, 0.2) is 0 Å². The van der Waals surface area contributed by atoms with Crippen molar-refractivity contribution in [3.8, 4) is 6.07 Å². The summed E-state index contributed by atoms with van der Waals surface area (Å²) in [7, 11) is 0. The average Bonchev–Trinajstić information content (AvgIpc) is 3.26. The largest absolute Gasteiger partial charge is 0.379 e. The minimum absolute atomic E-state index is 0.0553. The predicted octanol–water partition coefficient (Wildman–Crippen LogP) is 0.552. The standard InChI is InChI=1S/C22H24N8O3/c23-14-16-1-4-20(25-15-16)28-6-8-29(9-7-28)21(31)5-11-33-12-10-30-19-13-17(22(24)32)2-3-18(19)26-27-30/h1-4,13,15H,5-12H2,(H2,24,32). The number of carbonyl (C=O) groups is 2. The number of hydrogen-bond donors (Lipinski definition) is 1. The number of primary amides is 1. The minimum atomic E-state index is -0.506. The lowest BCUT2D eigenvalue weighted by atomic mass is 10.2. The highest BCUT2D eigenvalue weighted by molar-refractivity contribution is 5.96. The fourth-order valence-corrected chi connectivity index (χ4v) is 3.68. The van der Waals surface area contributed by atoms with E-state index in [1.807, 2.05) is 11.0 Å². The van der Waals surface area contributed by atoms with E-state index in [9.17, 15) is 9.59 Å². The number of piperazine rings is 1. The first-order chi connectivity index (χ1) is 16.0. The van der Waals surface area contributed by atoms with Crippen LogP contribution in [0.3, 0.4) is 0 Å². The van der Waals surface area contributed by atoms with E-state index in [2.05, 4.69) is 26.3 Å². The van der Waals surface area contributed by atoms with Crippen LogP contribution in [-0.2, 0) is 16.1 Å². The Labute approximate surface area is 190 Å².